The van der Waals surface area contributed by atoms with Gasteiger partial charge in [-0.25, -0.2) is 0 Å². The molecule has 1 aromatic rings. The highest BCUT2D eigenvalue weighted by Gasteiger charge is 2.12. The molecule has 104 valence electrons. The second kappa shape index (κ2) is 8.34. The molecule has 1 rings (SSSR count). The molecule has 2 heteroatoms. The molecule has 0 saturated heterocycles. The first-order chi connectivity index (χ1) is 8.67. The third-order valence-electron chi connectivity index (χ3n) is 3.78. The molecule has 0 radical (unpaired) electrons. The van der Waals surface area contributed by atoms with E-state index < -0.39 is 0 Å². The van der Waals surface area contributed by atoms with Crippen LogP contribution in [0, 0.1) is 12.8 Å². The lowest BCUT2D eigenvalue weighted by Gasteiger charge is -2.16. The maximum atomic E-state index is 4.46. The Bertz CT molecular complexity index is 328. The van der Waals surface area contributed by atoms with Crippen molar-refractivity contribution < 1.29 is 0 Å². The second-order valence-corrected chi connectivity index (χ2v) is 5.61. The van der Waals surface area contributed by atoms with Gasteiger partial charge >= 0.3 is 0 Å². The minimum absolute atomic E-state index is 0.853. The predicted octanol–water partition coefficient (Wildman–Crippen LogP) is 4.66. The molecule has 0 aromatic carbocycles. The van der Waals surface area contributed by atoms with Crippen LogP contribution in [0.2, 0.25) is 0 Å². The Morgan fingerprint density at radius 3 is 2.33 bits per heavy atom. The van der Waals surface area contributed by atoms with E-state index >= 15 is 0 Å². The molecular weight excluding hydrogens is 220 g/mol. The summed E-state index contributed by atoms with van der Waals surface area (Å²) in [6.45, 7) is 6.66. The van der Waals surface area contributed by atoms with Gasteiger partial charge in [0.25, 0.3) is 0 Å². The molecule has 1 atom stereocenters. The zero-order valence-corrected chi connectivity index (χ0v) is 12.7. The van der Waals surface area contributed by atoms with E-state index in [9.17, 15) is 0 Å². The lowest BCUT2D eigenvalue weighted by atomic mass is 9.91. The third-order valence-corrected chi connectivity index (χ3v) is 3.78. The first kappa shape index (κ1) is 15.3. The van der Waals surface area contributed by atoms with Crippen molar-refractivity contribution in [3.05, 3.63) is 17.5 Å². The number of hydrogen-bond acceptors (Lipinski definition) is 1. The van der Waals surface area contributed by atoms with Gasteiger partial charge in [-0.15, -0.1) is 0 Å². The fraction of sp³-hybridized carbons (Fsp3) is 0.812. The van der Waals surface area contributed by atoms with Gasteiger partial charge in [-0.1, -0.05) is 58.8 Å². The lowest BCUT2D eigenvalue weighted by Crippen LogP contribution is -2.09. The average Bonchev–Trinajstić information content (AvgIpc) is 2.65. The molecule has 1 unspecified atom stereocenters. The number of unbranched alkanes of at least 4 members (excludes halogenated alkanes) is 3. The largest absolute Gasteiger partial charge is 0.272 e. The molecule has 0 aliphatic carbocycles. The molecular formula is C16H30N2. The van der Waals surface area contributed by atoms with Crippen molar-refractivity contribution in [2.45, 2.75) is 72.1 Å². The fourth-order valence-electron chi connectivity index (χ4n) is 2.68. The molecule has 1 aromatic heterocycles. The molecule has 0 fully saturated rings. The minimum Gasteiger partial charge on any atom is -0.272 e. The average molecular weight is 250 g/mol. The van der Waals surface area contributed by atoms with Crippen LogP contribution >= 0.6 is 0 Å². The highest BCUT2D eigenvalue weighted by atomic mass is 15.3. The monoisotopic (exact) mass is 250 g/mol. The SMILES string of the molecule is CCCCCC(CCCC)Cc1cc(C)nn1C. The summed E-state index contributed by atoms with van der Waals surface area (Å²) < 4.78 is 2.06. The van der Waals surface area contributed by atoms with Gasteiger partial charge in [0.1, 0.15) is 0 Å². The summed E-state index contributed by atoms with van der Waals surface area (Å²) in [7, 11) is 2.07. The Morgan fingerprint density at radius 2 is 1.78 bits per heavy atom. The van der Waals surface area contributed by atoms with Gasteiger partial charge < -0.3 is 0 Å². The summed E-state index contributed by atoms with van der Waals surface area (Å²) >= 11 is 0. The molecule has 0 aliphatic heterocycles. The van der Waals surface area contributed by atoms with Crippen molar-refractivity contribution >= 4 is 0 Å². The summed E-state index contributed by atoms with van der Waals surface area (Å²) in [6, 6.07) is 2.25. The third kappa shape index (κ3) is 5.24. The van der Waals surface area contributed by atoms with Crippen molar-refractivity contribution in [2.24, 2.45) is 13.0 Å². The second-order valence-electron chi connectivity index (χ2n) is 5.61. The van der Waals surface area contributed by atoms with E-state index in [2.05, 4.69) is 43.7 Å². The number of rotatable bonds is 9. The summed E-state index contributed by atoms with van der Waals surface area (Å²) in [5.74, 6) is 0.853. The minimum atomic E-state index is 0.853. The molecule has 0 bridgehead atoms. The van der Waals surface area contributed by atoms with Gasteiger partial charge in [0.2, 0.25) is 0 Å². The van der Waals surface area contributed by atoms with E-state index in [1.54, 1.807) is 0 Å². The fourth-order valence-corrected chi connectivity index (χ4v) is 2.68. The Kier molecular flexibility index (Phi) is 7.07. The van der Waals surface area contributed by atoms with Crippen LogP contribution in [0.3, 0.4) is 0 Å². The summed E-state index contributed by atoms with van der Waals surface area (Å²) in [6.07, 6.45) is 10.8. The van der Waals surface area contributed by atoms with Crippen molar-refractivity contribution in [3.8, 4) is 0 Å². The number of nitrogens with zero attached hydrogens (tertiary/aromatic N) is 2. The molecule has 0 spiro atoms. The summed E-state index contributed by atoms with van der Waals surface area (Å²) in [5, 5.41) is 4.46. The first-order valence-electron chi connectivity index (χ1n) is 7.66. The van der Waals surface area contributed by atoms with Crippen molar-refractivity contribution in [3.63, 3.8) is 0 Å². The first-order valence-corrected chi connectivity index (χ1v) is 7.66. The van der Waals surface area contributed by atoms with Gasteiger partial charge in [-0.3, -0.25) is 4.68 Å². The van der Waals surface area contributed by atoms with Gasteiger partial charge in [0.15, 0.2) is 0 Å². The molecule has 1 heterocycles. The van der Waals surface area contributed by atoms with Crippen LogP contribution in [0.25, 0.3) is 0 Å². The summed E-state index contributed by atoms with van der Waals surface area (Å²) in [5.41, 5.74) is 2.56. The van der Waals surface area contributed by atoms with Crippen LogP contribution in [0.4, 0.5) is 0 Å². The molecule has 0 N–H and O–H groups in total. The molecule has 0 saturated carbocycles. The van der Waals surface area contributed by atoms with E-state index in [1.807, 2.05) is 0 Å². The predicted molar refractivity (Wildman–Crippen MR) is 78.8 cm³/mol. The quantitative estimate of drug-likeness (QED) is 0.583. The van der Waals surface area contributed by atoms with Crippen molar-refractivity contribution in [1.29, 1.82) is 0 Å². The maximum Gasteiger partial charge on any atom is 0.0596 e. The van der Waals surface area contributed by atoms with Gasteiger partial charge in [0.05, 0.1) is 5.69 Å². The van der Waals surface area contributed by atoms with Crippen molar-refractivity contribution in [1.82, 2.24) is 9.78 Å². The summed E-state index contributed by atoms with van der Waals surface area (Å²) in [4.78, 5) is 0. The Labute approximate surface area is 113 Å². The van der Waals surface area contributed by atoms with E-state index in [1.165, 1.54) is 57.1 Å². The lowest BCUT2D eigenvalue weighted by molar-refractivity contribution is 0.403. The number of hydrogen-bond donors (Lipinski definition) is 0. The normalized spacial score (nSPS) is 12.9. The Morgan fingerprint density at radius 1 is 1.11 bits per heavy atom. The van der Waals surface area contributed by atoms with Crippen LogP contribution < -0.4 is 0 Å². The van der Waals surface area contributed by atoms with Crippen LogP contribution in [-0.2, 0) is 13.5 Å². The maximum absolute atomic E-state index is 4.46. The van der Waals surface area contributed by atoms with Gasteiger partial charge in [-0.2, -0.15) is 5.10 Å². The topological polar surface area (TPSA) is 17.8 Å². The highest BCUT2D eigenvalue weighted by molar-refractivity contribution is 5.09. The number of aromatic nitrogens is 2. The Balaban J connectivity index is 2.50. The van der Waals surface area contributed by atoms with Crippen LogP contribution in [0.1, 0.15) is 70.2 Å². The smallest absolute Gasteiger partial charge is 0.0596 e. The van der Waals surface area contributed by atoms with Crippen LogP contribution in [0.15, 0.2) is 6.07 Å². The molecule has 2 nitrogen and oxygen atoms in total. The molecule has 0 amide bonds. The Hall–Kier alpha value is -0.790. The van der Waals surface area contributed by atoms with Gasteiger partial charge in [-0.05, 0) is 25.3 Å². The van der Waals surface area contributed by atoms with E-state index in [0.29, 0.717) is 0 Å². The van der Waals surface area contributed by atoms with Crippen molar-refractivity contribution in [2.75, 3.05) is 0 Å². The highest BCUT2D eigenvalue weighted by Crippen LogP contribution is 2.21. The molecule has 0 aliphatic rings. The zero-order valence-electron chi connectivity index (χ0n) is 12.7. The van der Waals surface area contributed by atoms with E-state index in [4.69, 9.17) is 0 Å². The van der Waals surface area contributed by atoms with Crippen LogP contribution in [0.5, 0.6) is 0 Å². The standard InChI is InChI=1S/C16H30N2/c1-5-7-9-11-15(10-8-6-2)13-16-12-14(3)17-18(16)4/h12,15H,5-11,13H2,1-4H3. The zero-order chi connectivity index (χ0) is 13.4. The van der Waals surface area contributed by atoms with Crippen LogP contribution in [-0.4, -0.2) is 9.78 Å². The van der Waals surface area contributed by atoms with E-state index in [0.717, 1.165) is 11.6 Å². The van der Waals surface area contributed by atoms with Gasteiger partial charge in [0, 0.05) is 12.7 Å². The number of aryl methyl sites for hydroxylation is 2. The molecule has 18 heavy (non-hydrogen) atoms. The van der Waals surface area contributed by atoms with E-state index in [-0.39, 0.29) is 0 Å².